The van der Waals surface area contributed by atoms with Crippen LogP contribution in [0.15, 0.2) is 23.3 Å². The zero-order chi connectivity index (χ0) is 24.3. The molecule has 5 atom stereocenters. The Kier molecular flexibility index (Phi) is 8.35. The van der Waals surface area contributed by atoms with Crippen molar-refractivity contribution in [3.8, 4) is 0 Å². The van der Waals surface area contributed by atoms with Gasteiger partial charge in [-0.25, -0.2) is 0 Å². The summed E-state index contributed by atoms with van der Waals surface area (Å²) in [7, 11) is 0. The van der Waals surface area contributed by atoms with Crippen LogP contribution in [0.1, 0.15) is 81.1 Å². The summed E-state index contributed by atoms with van der Waals surface area (Å²) in [6, 6.07) is 0. The molecule has 0 aliphatic heterocycles. The van der Waals surface area contributed by atoms with Crippen LogP contribution in [0.2, 0.25) is 0 Å². The van der Waals surface area contributed by atoms with Gasteiger partial charge in [0.1, 0.15) is 18.8 Å². The van der Waals surface area contributed by atoms with E-state index in [-0.39, 0.29) is 34.7 Å². The summed E-state index contributed by atoms with van der Waals surface area (Å²) in [5.41, 5.74) is 2.10. The predicted molar refractivity (Wildman–Crippen MR) is 123 cm³/mol. The zero-order valence-electron chi connectivity index (χ0n) is 20.9. The first-order chi connectivity index (χ1) is 14.8. The lowest BCUT2D eigenvalue weighted by Gasteiger charge is -2.60. The fourth-order valence-electron chi connectivity index (χ4n) is 6.19. The van der Waals surface area contributed by atoms with Crippen molar-refractivity contribution in [2.75, 3.05) is 6.61 Å². The number of ether oxygens (including phenoxy) is 3. The Balaban J connectivity index is 2.32. The molecule has 0 N–H and O–H groups in total. The molecule has 0 saturated heterocycles. The highest BCUT2D eigenvalue weighted by atomic mass is 16.6. The second-order valence-corrected chi connectivity index (χ2v) is 10.4. The molecular formula is C26H40O6. The highest BCUT2D eigenvalue weighted by Crippen LogP contribution is 2.61. The Morgan fingerprint density at radius 1 is 1.03 bits per heavy atom. The van der Waals surface area contributed by atoms with Crippen LogP contribution in [0, 0.1) is 22.7 Å². The Bertz CT molecular complexity index is 792. The number of carbonyl (C=O) groups excluding carboxylic acids is 3. The quantitative estimate of drug-likeness (QED) is 0.304. The molecule has 0 bridgehead atoms. The molecule has 2 aliphatic carbocycles. The van der Waals surface area contributed by atoms with E-state index in [4.69, 9.17) is 14.2 Å². The van der Waals surface area contributed by atoms with Gasteiger partial charge in [0.25, 0.3) is 0 Å². The molecule has 0 aromatic carbocycles. The lowest BCUT2D eigenvalue weighted by Crippen LogP contribution is -2.61. The molecule has 6 nitrogen and oxygen atoms in total. The molecule has 180 valence electrons. The van der Waals surface area contributed by atoms with Crippen LogP contribution in [0.4, 0.5) is 0 Å². The van der Waals surface area contributed by atoms with Crippen molar-refractivity contribution >= 4 is 17.9 Å². The van der Waals surface area contributed by atoms with E-state index in [2.05, 4.69) is 40.7 Å². The van der Waals surface area contributed by atoms with Gasteiger partial charge in [0.2, 0.25) is 0 Å². The monoisotopic (exact) mass is 448 g/mol. The summed E-state index contributed by atoms with van der Waals surface area (Å²) in [5.74, 6) is -0.386. The average molecular weight is 449 g/mol. The Labute approximate surface area is 192 Å². The van der Waals surface area contributed by atoms with Crippen molar-refractivity contribution in [1.82, 2.24) is 0 Å². The smallest absolute Gasteiger partial charge is 0.303 e. The number of hydrogen-bond acceptors (Lipinski definition) is 6. The fourth-order valence-corrected chi connectivity index (χ4v) is 6.19. The maximum absolute atomic E-state index is 11.9. The summed E-state index contributed by atoms with van der Waals surface area (Å²) in [6.45, 7) is 15.4. The number of carbonyl (C=O) groups is 3. The maximum atomic E-state index is 11.9. The summed E-state index contributed by atoms with van der Waals surface area (Å²) in [5, 5.41) is 0. The highest BCUT2D eigenvalue weighted by Gasteiger charge is 2.60. The summed E-state index contributed by atoms with van der Waals surface area (Å²) < 4.78 is 16.5. The first kappa shape index (κ1) is 26.1. The Morgan fingerprint density at radius 2 is 1.66 bits per heavy atom. The minimum Gasteiger partial charge on any atom is -0.462 e. The van der Waals surface area contributed by atoms with Crippen molar-refractivity contribution in [1.29, 1.82) is 0 Å². The van der Waals surface area contributed by atoms with Crippen molar-refractivity contribution in [3.63, 3.8) is 0 Å². The van der Waals surface area contributed by atoms with Crippen LogP contribution >= 0.6 is 0 Å². The van der Waals surface area contributed by atoms with E-state index in [1.165, 1.54) is 31.9 Å². The third-order valence-corrected chi connectivity index (χ3v) is 7.58. The number of hydrogen-bond donors (Lipinski definition) is 0. The van der Waals surface area contributed by atoms with E-state index in [0.717, 1.165) is 19.3 Å². The summed E-state index contributed by atoms with van der Waals surface area (Å²) >= 11 is 0. The molecule has 6 heteroatoms. The third-order valence-electron chi connectivity index (χ3n) is 7.58. The minimum atomic E-state index is -0.472. The largest absolute Gasteiger partial charge is 0.462 e. The van der Waals surface area contributed by atoms with E-state index in [1.54, 1.807) is 0 Å². The third kappa shape index (κ3) is 5.81. The fraction of sp³-hybridized carbons (Fsp3) is 0.731. The van der Waals surface area contributed by atoms with Gasteiger partial charge in [-0.3, -0.25) is 14.4 Å². The summed E-state index contributed by atoms with van der Waals surface area (Å²) in [6.07, 6.45) is 6.77. The summed E-state index contributed by atoms with van der Waals surface area (Å²) in [4.78, 5) is 34.8. The van der Waals surface area contributed by atoms with Gasteiger partial charge in [0.15, 0.2) is 0 Å². The Hall–Kier alpha value is -2.11. The van der Waals surface area contributed by atoms with Gasteiger partial charge < -0.3 is 14.2 Å². The first-order valence-corrected chi connectivity index (χ1v) is 11.6. The van der Waals surface area contributed by atoms with Crippen LogP contribution in [0.5, 0.6) is 0 Å². The van der Waals surface area contributed by atoms with E-state index in [0.29, 0.717) is 18.9 Å². The second kappa shape index (κ2) is 10.2. The molecule has 2 rings (SSSR count). The highest BCUT2D eigenvalue weighted by molar-refractivity contribution is 5.67. The van der Waals surface area contributed by atoms with Crippen molar-refractivity contribution in [3.05, 3.63) is 23.3 Å². The molecule has 0 amide bonds. The van der Waals surface area contributed by atoms with Gasteiger partial charge >= 0.3 is 17.9 Å². The van der Waals surface area contributed by atoms with Gasteiger partial charge in [-0.1, -0.05) is 38.0 Å². The molecule has 32 heavy (non-hydrogen) atoms. The van der Waals surface area contributed by atoms with Crippen LogP contribution in [-0.4, -0.2) is 36.7 Å². The van der Waals surface area contributed by atoms with E-state index in [9.17, 15) is 14.4 Å². The topological polar surface area (TPSA) is 78.9 Å². The SMILES string of the molecule is CC(=O)OCC=C(C)CCC1C(C)=CCC2C(C)(C)C(OC(C)=O)C(OC(C)=O)CC12C. The van der Waals surface area contributed by atoms with Crippen LogP contribution < -0.4 is 0 Å². The lowest BCUT2D eigenvalue weighted by atomic mass is 9.46. The van der Waals surface area contributed by atoms with Crippen LogP contribution in [0.25, 0.3) is 0 Å². The molecule has 0 radical (unpaired) electrons. The van der Waals surface area contributed by atoms with E-state index < -0.39 is 12.2 Å². The normalized spacial score (nSPS) is 31.8. The average Bonchev–Trinajstić information content (AvgIpc) is 2.63. The molecule has 0 spiro atoms. The number of rotatable bonds is 7. The standard InChI is InChI=1S/C26H40O6/c1-16(13-14-30-18(3)27)9-11-21-17(2)10-12-23-25(6,7)24(32-20(5)29)22(31-19(4)28)15-26(21,23)8/h10,13,21-24H,9,11-12,14-15H2,1-8H3. The molecule has 0 heterocycles. The van der Waals surface area contributed by atoms with Gasteiger partial charge in [0.05, 0.1) is 0 Å². The first-order valence-electron chi connectivity index (χ1n) is 11.6. The zero-order valence-corrected chi connectivity index (χ0v) is 20.9. The molecule has 5 unspecified atom stereocenters. The van der Waals surface area contributed by atoms with Gasteiger partial charge in [-0.05, 0) is 62.9 Å². The van der Waals surface area contributed by atoms with Crippen LogP contribution in [-0.2, 0) is 28.6 Å². The maximum Gasteiger partial charge on any atom is 0.303 e. The lowest BCUT2D eigenvalue weighted by molar-refractivity contribution is -0.212. The molecule has 0 aromatic heterocycles. The van der Waals surface area contributed by atoms with Gasteiger partial charge in [-0.15, -0.1) is 0 Å². The number of fused-ring (bicyclic) bond motifs is 1. The van der Waals surface area contributed by atoms with Crippen molar-refractivity contribution in [2.24, 2.45) is 22.7 Å². The minimum absolute atomic E-state index is 0.102. The van der Waals surface area contributed by atoms with Crippen molar-refractivity contribution in [2.45, 2.75) is 93.3 Å². The van der Waals surface area contributed by atoms with Crippen molar-refractivity contribution < 1.29 is 28.6 Å². The molecule has 0 aromatic rings. The van der Waals surface area contributed by atoms with Gasteiger partial charge in [-0.2, -0.15) is 0 Å². The number of allylic oxidation sites excluding steroid dienone is 3. The van der Waals surface area contributed by atoms with E-state index in [1.807, 2.05) is 6.08 Å². The van der Waals surface area contributed by atoms with Gasteiger partial charge in [0, 0.05) is 26.2 Å². The van der Waals surface area contributed by atoms with Crippen LogP contribution in [0.3, 0.4) is 0 Å². The molecular weight excluding hydrogens is 408 g/mol. The molecule has 1 saturated carbocycles. The molecule has 2 aliphatic rings. The Morgan fingerprint density at radius 3 is 2.22 bits per heavy atom. The van der Waals surface area contributed by atoms with E-state index >= 15 is 0 Å². The molecule has 1 fully saturated rings. The predicted octanol–water partition coefficient (Wildman–Crippen LogP) is 5.16. The second-order valence-electron chi connectivity index (χ2n) is 10.4. The number of esters is 3.